The van der Waals surface area contributed by atoms with Crippen molar-refractivity contribution in [2.75, 3.05) is 20.3 Å². The van der Waals surface area contributed by atoms with Gasteiger partial charge in [0.05, 0.1) is 32.0 Å². The summed E-state index contributed by atoms with van der Waals surface area (Å²) >= 11 is 0. The van der Waals surface area contributed by atoms with E-state index in [9.17, 15) is 9.90 Å². The Morgan fingerprint density at radius 1 is 1.18 bits per heavy atom. The van der Waals surface area contributed by atoms with Gasteiger partial charge in [0.2, 0.25) is 0 Å². The van der Waals surface area contributed by atoms with Crippen LogP contribution in [-0.2, 0) is 20.6 Å². The summed E-state index contributed by atoms with van der Waals surface area (Å²) in [7, 11) is 1.37. The molecule has 0 aromatic heterocycles. The molecule has 0 amide bonds. The Hall–Kier alpha value is -2.21. The molecule has 5 nitrogen and oxygen atoms in total. The number of aliphatic hydroxyl groups is 1. The van der Waals surface area contributed by atoms with E-state index < -0.39 is 12.4 Å². The van der Waals surface area contributed by atoms with Crippen LogP contribution < -0.4 is 0 Å². The minimum Gasteiger partial charge on any atom is -0.465 e. The maximum atomic E-state index is 11.9. The number of aliphatic hydroxyl groups excluding tert-OH is 1. The van der Waals surface area contributed by atoms with Gasteiger partial charge in [-0.05, 0) is 36.1 Å². The molecule has 1 heterocycles. The Balaban J connectivity index is 1.66. The molecular formula is C23H28O5. The normalized spacial score (nSPS) is 17.9. The zero-order valence-corrected chi connectivity index (χ0v) is 16.7. The zero-order chi connectivity index (χ0) is 20.1. The molecule has 0 aliphatic carbocycles. The van der Waals surface area contributed by atoms with E-state index in [0.29, 0.717) is 31.6 Å². The number of carbonyl (C=O) groups excluding carboxylic acids is 1. The molecule has 0 spiro atoms. The molecule has 150 valence electrons. The number of rotatable bonds is 6. The van der Waals surface area contributed by atoms with E-state index in [-0.39, 0.29) is 11.4 Å². The molecule has 28 heavy (non-hydrogen) atoms. The summed E-state index contributed by atoms with van der Waals surface area (Å²) in [5, 5.41) is 10.7. The van der Waals surface area contributed by atoms with Gasteiger partial charge in [-0.1, -0.05) is 50.2 Å². The first kappa shape index (κ1) is 20.5. The molecule has 1 fully saturated rings. The molecule has 1 atom stereocenters. The number of aryl methyl sites for hydroxylation is 1. The van der Waals surface area contributed by atoms with Gasteiger partial charge < -0.3 is 19.3 Å². The predicted molar refractivity (Wildman–Crippen MR) is 106 cm³/mol. The molecular weight excluding hydrogens is 356 g/mol. The summed E-state index contributed by atoms with van der Waals surface area (Å²) in [6.45, 7) is 5.48. The predicted octanol–water partition coefficient (Wildman–Crippen LogP) is 4.21. The molecule has 0 bridgehead atoms. The van der Waals surface area contributed by atoms with Crippen LogP contribution in [-0.4, -0.2) is 31.4 Å². The van der Waals surface area contributed by atoms with E-state index in [1.54, 1.807) is 12.1 Å². The largest absolute Gasteiger partial charge is 0.465 e. The summed E-state index contributed by atoms with van der Waals surface area (Å²) in [6.07, 6.45) is 0.0175. The van der Waals surface area contributed by atoms with Gasteiger partial charge in [-0.15, -0.1) is 0 Å². The van der Waals surface area contributed by atoms with Gasteiger partial charge in [0, 0.05) is 11.0 Å². The number of carbonyl (C=O) groups is 1. The van der Waals surface area contributed by atoms with Crippen molar-refractivity contribution < 1.29 is 24.1 Å². The lowest BCUT2D eigenvalue weighted by atomic mass is 9.95. The average molecular weight is 384 g/mol. The maximum Gasteiger partial charge on any atom is 0.338 e. The van der Waals surface area contributed by atoms with E-state index in [2.05, 4.69) is 13.8 Å². The molecule has 0 saturated carbocycles. The lowest BCUT2D eigenvalue weighted by Gasteiger charge is -2.34. The van der Waals surface area contributed by atoms with Crippen LogP contribution in [0.4, 0.5) is 0 Å². The summed E-state index contributed by atoms with van der Waals surface area (Å²) in [4.78, 5) is 11.9. The van der Waals surface area contributed by atoms with E-state index in [1.165, 1.54) is 7.11 Å². The third-order valence-electron chi connectivity index (χ3n) is 4.93. The van der Waals surface area contributed by atoms with Gasteiger partial charge in [0.1, 0.15) is 0 Å². The summed E-state index contributed by atoms with van der Waals surface area (Å²) in [5.41, 5.74) is 3.14. The van der Waals surface area contributed by atoms with Crippen molar-refractivity contribution in [1.29, 1.82) is 0 Å². The number of benzene rings is 2. The minimum absolute atomic E-state index is 0.0145. The van der Waals surface area contributed by atoms with Gasteiger partial charge in [0.15, 0.2) is 6.29 Å². The third-order valence-corrected chi connectivity index (χ3v) is 4.93. The molecule has 1 aliphatic heterocycles. The Bertz CT molecular complexity index is 804. The molecule has 1 N–H and O–H groups in total. The SMILES string of the molecule is COC(=O)c1ccccc1CCC(O)c1cccc(C2OCC(C)(C)CO2)c1. The molecule has 2 aromatic rings. The lowest BCUT2D eigenvalue weighted by Crippen LogP contribution is -2.33. The van der Waals surface area contributed by atoms with Crippen molar-refractivity contribution in [3.63, 3.8) is 0 Å². The summed E-state index contributed by atoms with van der Waals surface area (Å²) in [5.74, 6) is -0.360. The second kappa shape index (κ2) is 8.86. The topological polar surface area (TPSA) is 65.0 Å². The molecule has 2 aromatic carbocycles. The molecule has 1 aliphatic rings. The van der Waals surface area contributed by atoms with Crippen LogP contribution in [0.1, 0.15) is 59.7 Å². The van der Waals surface area contributed by atoms with Gasteiger partial charge in [-0.3, -0.25) is 0 Å². The second-order valence-electron chi connectivity index (χ2n) is 7.99. The Morgan fingerprint density at radius 3 is 2.61 bits per heavy atom. The number of methoxy groups -OCH3 is 1. The molecule has 1 saturated heterocycles. The van der Waals surface area contributed by atoms with Crippen LogP contribution in [0.5, 0.6) is 0 Å². The highest BCUT2D eigenvalue weighted by molar-refractivity contribution is 5.90. The quantitative estimate of drug-likeness (QED) is 0.756. The van der Waals surface area contributed by atoms with Gasteiger partial charge in [-0.25, -0.2) is 4.79 Å². The average Bonchev–Trinajstić information content (AvgIpc) is 2.71. The number of hydrogen-bond acceptors (Lipinski definition) is 5. The second-order valence-corrected chi connectivity index (χ2v) is 7.99. The number of hydrogen-bond donors (Lipinski definition) is 1. The fourth-order valence-electron chi connectivity index (χ4n) is 3.30. The fourth-order valence-corrected chi connectivity index (χ4v) is 3.30. The first-order valence-electron chi connectivity index (χ1n) is 9.57. The maximum absolute atomic E-state index is 11.9. The van der Waals surface area contributed by atoms with Crippen molar-refractivity contribution in [3.05, 3.63) is 70.8 Å². The van der Waals surface area contributed by atoms with Gasteiger partial charge >= 0.3 is 5.97 Å². The smallest absolute Gasteiger partial charge is 0.338 e. The number of ether oxygens (including phenoxy) is 3. The molecule has 3 rings (SSSR count). The van der Waals surface area contributed by atoms with Crippen LogP contribution in [0.2, 0.25) is 0 Å². The first-order valence-corrected chi connectivity index (χ1v) is 9.57. The van der Waals surface area contributed by atoms with E-state index in [0.717, 1.165) is 16.7 Å². The Kier molecular flexibility index (Phi) is 6.50. The zero-order valence-electron chi connectivity index (χ0n) is 16.7. The number of esters is 1. The van der Waals surface area contributed by atoms with E-state index >= 15 is 0 Å². The van der Waals surface area contributed by atoms with Crippen molar-refractivity contribution in [1.82, 2.24) is 0 Å². The Morgan fingerprint density at radius 2 is 1.89 bits per heavy atom. The highest BCUT2D eigenvalue weighted by atomic mass is 16.7. The monoisotopic (exact) mass is 384 g/mol. The Labute approximate surface area is 166 Å². The van der Waals surface area contributed by atoms with Crippen molar-refractivity contribution in [2.45, 2.75) is 39.1 Å². The van der Waals surface area contributed by atoms with Crippen LogP contribution in [0.3, 0.4) is 0 Å². The highest BCUT2D eigenvalue weighted by Gasteiger charge is 2.29. The van der Waals surface area contributed by atoms with Crippen molar-refractivity contribution >= 4 is 5.97 Å². The fraction of sp³-hybridized carbons (Fsp3) is 0.435. The lowest BCUT2D eigenvalue weighted by molar-refractivity contribution is -0.226. The van der Waals surface area contributed by atoms with Gasteiger partial charge in [-0.2, -0.15) is 0 Å². The molecule has 0 radical (unpaired) electrons. The highest BCUT2D eigenvalue weighted by Crippen LogP contribution is 2.32. The summed E-state index contributed by atoms with van der Waals surface area (Å²) in [6, 6.07) is 15.0. The first-order chi connectivity index (χ1) is 13.4. The van der Waals surface area contributed by atoms with E-state index in [1.807, 2.05) is 36.4 Å². The van der Waals surface area contributed by atoms with Crippen molar-refractivity contribution in [3.8, 4) is 0 Å². The van der Waals surface area contributed by atoms with E-state index in [4.69, 9.17) is 14.2 Å². The van der Waals surface area contributed by atoms with Gasteiger partial charge in [0.25, 0.3) is 0 Å². The standard InChI is InChI=1S/C23H28O5/c1-23(2)14-27-22(28-15-23)18-9-6-8-17(13-18)20(24)12-11-16-7-4-5-10-19(16)21(25)26-3/h4-10,13,20,22,24H,11-12,14-15H2,1-3H3. The van der Waals surface area contributed by atoms with Crippen LogP contribution in [0, 0.1) is 5.41 Å². The van der Waals surface area contributed by atoms with Crippen LogP contribution in [0.15, 0.2) is 48.5 Å². The van der Waals surface area contributed by atoms with Crippen molar-refractivity contribution in [2.24, 2.45) is 5.41 Å². The molecule has 1 unspecified atom stereocenters. The third kappa shape index (κ3) is 4.98. The van der Waals surface area contributed by atoms with Crippen LogP contribution in [0.25, 0.3) is 0 Å². The molecule has 5 heteroatoms. The minimum atomic E-state index is -0.648. The van der Waals surface area contributed by atoms with Crippen LogP contribution >= 0.6 is 0 Å². The summed E-state index contributed by atoms with van der Waals surface area (Å²) < 4.78 is 16.5.